The van der Waals surface area contributed by atoms with E-state index in [1.807, 2.05) is 6.07 Å². The van der Waals surface area contributed by atoms with E-state index < -0.39 is 5.60 Å². The Balaban J connectivity index is 1.79. The van der Waals surface area contributed by atoms with Crippen LogP contribution in [0.25, 0.3) is 11.0 Å². The lowest BCUT2D eigenvalue weighted by atomic mass is 9.79. The summed E-state index contributed by atoms with van der Waals surface area (Å²) in [6, 6.07) is 5.34. The number of hydrogen-bond donors (Lipinski definition) is 1. The Hall–Kier alpha value is -2.65. The van der Waals surface area contributed by atoms with Crippen LogP contribution >= 0.6 is 0 Å². The number of hydrogen-bond acceptors (Lipinski definition) is 6. The normalized spacial score (nSPS) is 22.3. The summed E-state index contributed by atoms with van der Waals surface area (Å²) in [5.74, 6) is 6.18. The van der Waals surface area contributed by atoms with Gasteiger partial charge in [0.25, 0.3) is 0 Å². The molecule has 0 aliphatic heterocycles. The van der Waals surface area contributed by atoms with Crippen LogP contribution in [-0.4, -0.2) is 40.4 Å². The SMILES string of the molecule is CCOC(=O)[C@H]1CC[C@](O)(C#Cc2ccnc3ccc(OC)nc23)CC1. The number of nitrogens with zero attached hydrogens (tertiary/aromatic N) is 2. The second-order valence-electron chi connectivity index (χ2n) is 6.39. The van der Waals surface area contributed by atoms with E-state index in [1.165, 1.54) is 0 Å². The maximum atomic E-state index is 11.8. The van der Waals surface area contributed by atoms with Crippen LogP contribution < -0.4 is 4.74 Å². The molecular weight excluding hydrogens is 332 g/mol. The molecule has 0 saturated heterocycles. The molecule has 1 N–H and O–H groups in total. The number of aliphatic hydroxyl groups is 1. The van der Waals surface area contributed by atoms with Crippen molar-refractivity contribution >= 4 is 17.0 Å². The minimum absolute atomic E-state index is 0.148. The molecule has 1 saturated carbocycles. The van der Waals surface area contributed by atoms with Gasteiger partial charge in [-0.2, -0.15) is 0 Å². The molecule has 2 heterocycles. The number of fused-ring (bicyclic) bond motifs is 1. The first-order valence-electron chi connectivity index (χ1n) is 8.76. The number of pyridine rings is 2. The molecule has 2 aromatic heterocycles. The lowest BCUT2D eigenvalue weighted by molar-refractivity contribution is -0.150. The van der Waals surface area contributed by atoms with E-state index in [9.17, 15) is 9.90 Å². The number of ether oxygens (including phenoxy) is 2. The fourth-order valence-corrected chi connectivity index (χ4v) is 3.12. The zero-order valence-corrected chi connectivity index (χ0v) is 15.0. The van der Waals surface area contributed by atoms with Gasteiger partial charge in [-0.1, -0.05) is 11.8 Å². The number of rotatable bonds is 3. The average molecular weight is 354 g/mol. The van der Waals surface area contributed by atoms with Crippen molar-refractivity contribution in [1.82, 2.24) is 9.97 Å². The van der Waals surface area contributed by atoms with Gasteiger partial charge in [0.05, 0.1) is 30.7 Å². The third-order valence-corrected chi connectivity index (χ3v) is 4.63. The van der Waals surface area contributed by atoms with Crippen LogP contribution in [0.4, 0.5) is 0 Å². The highest BCUT2D eigenvalue weighted by molar-refractivity contribution is 5.81. The molecule has 26 heavy (non-hydrogen) atoms. The van der Waals surface area contributed by atoms with Crippen LogP contribution in [0, 0.1) is 17.8 Å². The van der Waals surface area contributed by atoms with Crippen molar-refractivity contribution < 1.29 is 19.4 Å². The molecule has 0 amide bonds. The quantitative estimate of drug-likeness (QED) is 0.674. The third kappa shape index (κ3) is 3.94. The molecule has 1 aliphatic carbocycles. The van der Waals surface area contributed by atoms with E-state index in [0.717, 1.165) is 5.52 Å². The van der Waals surface area contributed by atoms with Gasteiger partial charge < -0.3 is 14.6 Å². The predicted octanol–water partition coefficient (Wildman–Crippen LogP) is 2.47. The summed E-state index contributed by atoms with van der Waals surface area (Å²) in [5.41, 5.74) is 0.950. The minimum Gasteiger partial charge on any atom is -0.481 e. The van der Waals surface area contributed by atoms with Crippen LogP contribution in [0.1, 0.15) is 38.2 Å². The summed E-state index contributed by atoms with van der Waals surface area (Å²) >= 11 is 0. The van der Waals surface area contributed by atoms with E-state index in [0.29, 0.717) is 49.3 Å². The van der Waals surface area contributed by atoms with E-state index in [1.54, 1.807) is 32.4 Å². The summed E-state index contributed by atoms with van der Waals surface area (Å²) in [7, 11) is 1.56. The molecule has 3 rings (SSSR count). The standard InChI is InChI=1S/C20H22N2O4/c1-3-26-19(23)15-7-11-20(24,12-8-15)10-6-14-9-13-21-16-4-5-17(25-2)22-18(14)16/h4-5,9,13,15,24H,3,7-8,11-12H2,1-2H3/t15-,20+. The van der Waals surface area contributed by atoms with Crippen LogP contribution in [0.3, 0.4) is 0 Å². The Morgan fingerprint density at radius 3 is 2.81 bits per heavy atom. The van der Waals surface area contributed by atoms with Gasteiger partial charge in [0, 0.05) is 12.3 Å². The number of aromatic nitrogens is 2. The van der Waals surface area contributed by atoms with Crippen molar-refractivity contribution in [2.24, 2.45) is 5.92 Å². The Morgan fingerprint density at radius 1 is 1.35 bits per heavy atom. The number of methoxy groups -OCH3 is 1. The predicted molar refractivity (Wildman–Crippen MR) is 96.5 cm³/mol. The molecule has 6 nitrogen and oxygen atoms in total. The third-order valence-electron chi connectivity index (χ3n) is 4.63. The molecule has 1 aliphatic rings. The molecule has 0 spiro atoms. The van der Waals surface area contributed by atoms with Crippen molar-refractivity contribution in [3.63, 3.8) is 0 Å². The lowest BCUT2D eigenvalue weighted by Crippen LogP contribution is -2.35. The van der Waals surface area contributed by atoms with Gasteiger partial charge in [-0.15, -0.1) is 0 Å². The molecule has 0 aromatic carbocycles. The number of carbonyl (C=O) groups is 1. The molecule has 0 radical (unpaired) electrons. The zero-order valence-electron chi connectivity index (χ0n) is 15.0. The molecule has 1 fully saturated rings. The summed E-state index contributed by atoms with van der Waals surface area (Å²) in [4.78, 5) is 20.5. The molecule has 0 bridgehead atoms. The highest BCUT2D eigenvalue weighted by atomic mass is 16.5. The maximum absolute atomic E-state index is 11.8. The van der Waals surface area contributed by atoms with E-state index in [2.05, 4.69) is 21.8 Å². The first-order chi connectivity index (χ1) is 12.5. The fraction of sp³-hybridized carbons (Fsp3) is 0.450. The molecule has 6 heteroatoms. The largest absolute Gasteiger partial charge is 0.481 e. The molecule has 0 unspecified atom stereocenters. The second kappa shape index (κ2) is 7.71. The number of esters is 1. The van der Waals surface area contributed by atoms with Crippen LogP contribution in [0.5, 0.6) is 5.88 Å². The van der Waals surface area contributed by atoms with Crippen molar-refractivity contribution in [2.75, 3.05) is 13.7 Å². The Bertz CT molecular complexity index is 861. The van der Waals surface area contributed by atoms with Gasteiger partial charge in [0.15, 0.2) is 0 Å². The average Bonchev–Trinajstić information content (AvgIpc) is 2.66. The Morgan fingerprint density at radius 2 is 2.12 bits per heavy atom. The van der Waals surface area contributed by atoms with Crippen LogP contribution in [-0.2, 0) is 9.53 Å². The monoisotopic (exact) mass is 354 g/mol. The van der Waals surface area contributed by atoms with Crippen molar-refractivity contribution in [2.45, 2.75) is 38.2 Å². The molecular formula is C20H22N2O4. The van der Waals surface area contributed by atoms with E-state index in [-0.39, 0.29) is 11.9 Å². The molecule has 2 aromatic rings. The molecule has 136 valence electrons. The first kappa shape index (κ1) is 18.2. The summed E-state index contributed by atoms with van der Waals surface area (Å²) in [6.45, 7) is 2.18. The minimum atomic E-state index is -1.10. The smallest absolute Gasteiger partial charge is 0.308 e. The van der Waals surface area contributed by atoms with Gasteiger partial charge in [0.2, 0.25) is 5.88 Å². The first-order valence-corrected chi connectivity index (χ1v) is 8.76. The highest BCUT2D eigenvalue weighted by Crippen LogP contribution is 2.32. The Kier molecular flexibility index (Phi) is 5.38. The maximum Gasteiger partial charge on any atom is 0.308 e. The van der Waals surface area contributed by atoms with Gasteiger partial charge >= 0.3 is 5.97 Å². The Labute approximate surface area is 152 Å². The topological polar surface area (TPSA) is 81.5 Å². The van der Waals surface area contributed by atoms with E-state index in [4.69, 9.17) is 9.47 Å². The van der Waals surface area contributed by atoms with Crippen LogP contribution in [0.15, 0.2) is 24.4 Å². The number of carbonyl (C=O) groups excluding carboxylic acids is 1. The van der Waals surface area contributed by atoms with Gasteiger partial charge in [-0.3, -0.25) is 9.78 Å². The van der Waals surface area contributed by atoms with Crippen LogP contribution in [0.2, 0.25) is 0 Å². The zero-order chi connectivity index (χ0) is 18.6. The van der Waals surface area contributed by atoms with Crippen molar-refractivity contribution in [1.29, 1.82) is 0 Å². The van der Waals surface area contributed by atoms with Crippen molar-refractivity contribution in [3.8, 4) is 17.7 Å². The highest BCUT2D eigenvalue weighted by Gasteiger charge is 2.35. The van der Waals surface area contributed by atoms with Crippen molar-refractivity contribution in [3.05, 3.63) is 30.0 Å². The summed E-state index contributed by atoms with van der Waals surface area (Å²) in [6.07, 6.45) is 3.72. The second-order valence-corrected chi connectivity index (χ2v) is 6.39. The fourth-order valence-electron chi connectivity index (χ4n) is 3.12. The van der Waals surface area contributed by atoms with Gasteiger partial charge in [-0.05, 0) is 44.7 Å². The summed E-state index contributed by atoms with van der Waals surface area (Å²) < 4.78 is 10.2. The van der Waals surface area contributed by atoms with Gasteiger partial charge in [0.1, 0.15) is 11.1 Å². The lowest BCUT2D eigenvalue weighted by Gasteiger charge is -2.31. The molecule has 0 atom stereocenters. The van der Waals surface area contributed by atoms with E-state index >= 15 is 0 Å². The summed E-state index contributed by atoms with van der Waals surface area (Å²) in [5, 5.41) is 10.7. The van der Waals surface area contributed by atoms with Gasteiger partial charge in [-0.25, -0.2) is 4.98 Å².